The summed E-state index contributed by atoms with van der Waals surface area (Å²) in [6.45, 7) is 4.27. The van der Waals surface area contributed by atoms with Crippen LogP contribution in [0.25, 0.3) is 0 Å². The molecule has 1 rings (SSSR count). The second-order valence-electron chi connectivity index (χ2n) is 4.20. The van der Waals surface area contributed by atoms with Crippen LogP contribution in [-0.2, 0) is 0 Å². The van der Waals surface area contributed by atoms with Crippen molar-refractivity contribution in [2.24, 2.45) is 5.92 Å². The fraction of sp³-hybridized carbons (Fsp3) is 1.00. The van der Waals surface area contributed by atoms with Crippen molar-refractivity contribution in [1.82, 2.24) is 4.90 Å². The normalized spacial score (nSPS) is 20.0. The van der Waals surface area contributed by atoms with Crippen LogP contribution in [-0.4, -0.2) is 36.2 Å². The number of nitrogens with zero attached hydrogens (tertiary/aromatic N) is 1. The van der Waals surface area contributed by atoms with Crippen LogP contribution in [0.2, 0.25) is 0 Å². The first-order valence-electron chi connectivity index (χ1n) is 5.05. The topological polar surface area (TPSA) is 23.5 Å². The third kappa shape index (κ3) is 4.73. The van der Waals surface area contributed by atoms with Crippen molar-refractivity contribution in [2.75, 3.05) is 20.1 Å². The molecule has 2 nitrogen and oxygen atoms in total. The lowest BCUT2D eigenvalue weighted by atomic mass is 10.2. The first kappa shape index (κ1) is 10.0. The summed E-state index contributed by atoms with van der Waals surface area (Å²) in [5.74, 6) is 0.988. The van der Waals surface area contributed by atoms with E-state index in [2.05, 4.69) is 11.9 Å². The van der Waals surface area contributed by atoms with Gasteiger partial charge in [-0.2, -0.15) is 0 Å². The lowest BCUT2D eigenvalue weighted by Gasteiger charge is -2.16. The van der Waals surface area contributed by atoms with Crippen LogP contribution in [0.4, 0.5) is 0 Å². The molecule has 1 N–H and O–H groups in total. The summed E-state index contributed by atoms with van der Waals surface area (Å²) < 4.78 is 0. The smallest absolute Gasteiger partial charge is 0.0512 e. The quantitative estimate of drug-likeness (QED) is 0.654. The molecule has 1 unspecified atom stereocenters. The van der Waals surface area contributed by atoms with Crippen LogP contribution >= 0.6 is 0 Å². The van der Waals surface area contributed by atoms with Crippen LogP contribution < -0.4 is 0 Å². The van der Waals surface area contributed by atoms with Gasteiger partial charge in [0.2, 0.25) is 0 Å². The van der Waals surface area contributed by atoms with E-state index in [0.717, 1.165) is 25.3 Å². The Morgan fingerprint density at radius 3 is 2.67 bits per heavy atom. The SMILES string of the molecule is CC(O)CCCN(C)CC1CC1. The fourth-order valence-corrected chi connectivity index (χ4v) is 1.49. The van der Waals surface area contributed by atoms with Crippen molar-refractivity contribution in [3.05, 3.63) is 0 Å². The van der Waals surface area contributed by atoms with Gasteiger partial charge in [-0.1, -0.05) is 0 Å². The molecule has 0 saturated heterocycles. The van der Waals surface area contributed by atoms with Crippen molar-refractivity contribution in [3.63, 3.8) is 0 Å². The third-order valence-corrected chi connectivity index (χ3v) is 2.43. The van der Waals surface area contributed by atoms with Crippen LogP contribution in [0.3, 0.4) is 0 Å². The summed E-state index contributed by atoms with van der Waals surface area (Å²) >= 11 is 0. The van der Waals surface area contributed by atoms with Gasteiger partial charge in [-0.05, 0) is 52.1 Å². The second kappa shape index (κ2) is 4.83. The monoisotopic (exact) mass is 171 g/mol. The molecule has 1 atom stereocenters. The molecular formula is C10H21NO. The first-order valence-corrected chi connectivity index (χ1v) is 5.05. The van der Waals surface area contributed by atoms with E-state index in [0.29, 0.717) is 0 Å². The highest BCUT2D eigenvalue weighted by molar-refractivity contribution is 4.75. The van der Waals surface area contributed by atoms with E-state index in [9.17, 15) is 0 Å². The number of aliphatic hydroxyl groups excluding tert-OH is 1. The van der Waals surface area contributed by atoms with Gasteiger partial charge in [0, 0.05) is 6.54 Å². The minimum absolute atomic E-state index is 0.126. The Hall–Kier alpha value is -0.0800. The molecular weight excluding hydrogens is 150 g/mol. The Bertz CT molecular complexity index is 121. The van der Waals surface area contributed by atoms with E-state index in [-0.39, 0.29) is 6.10 Å². The molecule has 0 aliphatic heterocycles. The minimum atomic E-state index is -0.126. The molecule has 1 aliphatic rings. The van der Waals surface area contributed by atoms with Crippen molar-refractivity contribution in [1.29, 1.82) is 0 Å². The summed E-state index contributed by atoms with van der Waals surface area (Å²) in [5, 5.41) is 9.04. The summed E-state index contributed by atoms with van der Waals surface area (Å²) in [7, 11) is 2.18. The van der Waals surface area contributed by atoms with Gasteiger partial charge in [-0.25, -0.2) is 0 Å². The fourth-order valence-electron chi connectivity index (χ4n) is 1.49. The second-order valence-corrected chi connectivity index (χ2v) is 4.20. The van der Waals surface area contributed by atoms with Gasteiger partial charge in [0.05, 0.1) is 6.10 Å². The maximum absolute atomic E-state index is 9.04. The Kier molecular flexibility index (Phi) is 4.02. The maximum atomic E-state index is 9.04. The highest BCUT2D eigenvalue weighted by atomic mass is 16.3. The molecule has 1 fully saturated rings. The summed E-state index contributed by atoms with van der Waals surface area (Å²) in [4.78, 5) is 2.39. The molecule has 0 aromatic heterocycles. The molecule has 0 amide bonds. The predicted octanol–water partition coefficient (Wildman–Crippen LogP) is 1.49. The maximum Gasteiger partial charge on any atom is 0.0512 e. The van der Waals surface area contributed by atoms with E-state index in [4.69, 9.17) is 5.11 Å². The van der Waals surface area contributed by atoms with Gasteiger partial charge < -0.3 is 10.0 Å². The number of rotatable bonds is 6. The van der Waals surface area contributed by atoms with Gasteiger partial charge >= 0.3 is 0 Å². The third-order valence-electron chi connectivity index (χ3n) is 2.43. The zero-order chi connectivity index (χ0) is 8.97. The zero-order valence-electron chi connectivity index (χ0n) is 8.29. The van der Waals surface area contributed by atoms with E-state index >= 15 is 0 Å². The zero-order valence-corrected chi connectivity index (χ0v) is 8.29. The largest absolute Gasteiger partial charge is 0.393 e. The van der Waals surface area contributed by atoms with Crippen molar-refractivity contribution in [2.45, 2.75) is 38.7 Å². The van der Waals surface area contributed by atoms with Crippen LogP contribution in [0.5, 0.6) is 0 Å². The van der Waals surface area contributed by atoms with E-state index in [1.165, 1.54) is 19.4 Å². The van der Waals surface area contributed by atoms with Crippen LogP contribution in [0.15, 0.2) is 0 Å². The molecule has 0 heterocycles. The molecule has 2 heteroatoms. The van der Waals surface area contributed by atoms with Gasteiger partial charge in [-0.15, -0.1) is 0 Å². The van der Waals surface area contributed by atoms with Gasteiger partial charge in [0.15, 0.2) is 0 Å². The molecule has 0 radical (unpaired) electrons. The van der Waals surface area contributed by atoms with Gasteiger partial charge in [0.1, 0.15) is 0 Å². The van der Waals surface area contributed by atoms with Crippen molar-refractivity contribution in [3.8, 4) is 0 Å². The molecule has 1 aliphatic carbocycles. The number of hydrogen-bond donors (Lipinski definition) is 1. The molecule has 12 heavy (non-hydrogen) atoms. The molecule has 0 aromatic rings. The summed E-state index contributed by atoms with van der Waals surface area (Å²) in [6, 6.07) is 0. The molecule has 0 spiro atoms. The van der Waals surface area contributed by atoms with E-state index in [1.807, 2.05) is 6.92 Å². The van der Waals surface area contributed by atoms with Crippen molar-refractivity contribution < 1.29 is 5.11 Å². The Labute approximate surface area is 75.6 Å². The number of aliphatic hydroxyl groups is 1. The first-order chi connectivity index (χ1) is 5.68. The Morgan fingerprint density at radius 1 is 1.50 bits per heavy atom. The average Bonchev–Trinajstić information content (AvgIpc) is 2.70. The molecule has 0 aromatic carbocycles. The summed E-state index contributed by atoms with van der Waals surface area (Å²) in [5.41, 5.74) is 0. The van der Waals surface area contributed by atoms with Crippen LogP contribution in [0, 0.1) is 5.92 Å². The molecule has 1 saturated carbocycles. The average molecular weight is 171 g/mol. The van der Waals surface area contributed by atoms with Crippen LogP contribution in [0.1, 0.15) is 32.6 Å². The lowest BCUT2D eigenvalue weighted by molar-refractivity contribution is 0.174. The van der Waals surface area contributed by atoms with Gasteiger partial charge in [-0.3, -0.25) is 0 Å². The standard InChI is InChI=1S/C10H21NO/c1-9(12)4-3-7-11(2)8-10-5-6-10/h9-10,12H,3-8H2,1-2H3. The highest BCUT2D eigenvalue weighted by Gasteiger charge is 2.22. The van der Waals surface area contributed by atoms with E-state index < -0.39 is 0 Å². The molecule has 72 valence electrons. The highest BCUT2D eigenvalue weighted by Crippen LogP contribution is 2.29. The Morgan fingerprint density at radius 2 is 2.17 bits per heavy atom. The summed E-state index contributed by atoms with van der Waals surface area (Å²) in [6.07, 6.45) is 4.80. The predicted molar refractivity (Wildman–Crippen MR) is 51.1 cm³/mol. The Balaban J connectivity index is 1.90. The lowest BCUT2D eigenvalue weighted by Crippen LogP contribution is -2.22. The van der Waals surface area contributed by atoms with Crippen molar-refractivity contribution >= 4 is 0 Å². The molecule has 0 bridgehead atoms. The number of hydrogen-bond acceptors (Lipinski definition) is 2. The van der Waals surface area contributed by atoms with E-state index in [1.54, 1.807) is 0 Å². The van der Waals surface area contributed by atoms with Gasteiger partial charge in [0.25, 0.3) is 0 Å². The minimum Gasteiger partial charge on any atom is -0.393 e.